The van der Waals surface area contributed by atoms with Gasteiger partial charge in [0.15, 0.2) is 0 Å². The summed E-state index contributed by atoms with van der Waals surface area (Å²) in [5.74, 6) is -0.652. The molecule has 2 aromatic rings. The number of nitrogens with one attached hydrogen (secondary N) is 1. The quantitative estimate of drug-likeness (QED) is 0.687. The fourth-order valence-corrected chi connectivity index (χ4v) is 3.54. The lowest BCUT2D eigenvalue weighted by Gasteiger charge is -2.14. The van der Waals surface area contributed by atoms with Gasteiger partial charge in [0.05, 0.1) is 10.9 Å². The lowest BCUT2D eigenvalue weighted by molar-refractivity contribution is -0.142. The number of carbonyl (C=O) groups is 1. The van der Waals surface area contributed by atoms with E-state index in [0.29, 0.717) is 25.4 Å². The molecule has 0 amide bonds. The fraction of sp³-hybridized carbons (Fsp3) is 0.474. The molecule has 24 heavy (non-hydrogen) atoms. The molecule has 2 N–H and O–H groups in total. The number of aromatic nitrogens is 1. The van der Waals surface area contributed by atoms with E-state index in [2.05, 4.69) is 48.4 Å². The molecule has 0 spiro atoms. The molecule has 1 aromatic carbocycles. The molecular formula is C19H26N2O2S. The van der Waals surface area contributed by atoms with E-state index in [1.54, 1.807) is 11.3 Å². The lowest BCUT2D eigenvalue weighted by Crippen LogP contribution is -2.29. The molecule has 0 saturated carbocycles. The summed E-state index contributed by atoms with van der Waals surface area (Å²) in [7, 11) is 0. The van der Waals surface area contributed by atoms with Crippen molar-refractivity contribution in [2.24, 2.45) is 11.8 Å². The number of nitrogens with zero attached hydrogens (tertiary/aromatic N) is 1. The summed E-state index contributed by atoms with van der Waals surface area (Å²) in [6.07, 6.45) is 4.54. The third-order valence-corrected chi connectivity index (χ3v) is 4.92. The van der Waals surface area contributed by atoms with Crippen molar-refractivity contribution in [1.82, 2.24) is 10.3 Å². The van der Waals surface area contributed by atoms with Gasteiger partial charge in [-0.05, 0) is 24.3 Å². The highest BCUT2D eigenvalue weighted by atomic mass is 32.1. The summed E-state index contributed by atoms with van der Waals surface area (Å²) >= 11 is 1.71. The predicted octanol–water partition coefficient (Wildman–Crippen LogP) is 3.76. The molecule has 0 aliphatic carbocycles. The summed E-state index contributed by atoms with van der Waals surface area (Å²) in [6, 6.07) is 10.4. The summed E-state index contributed by atoms with van der Waals surface area (Å²) in [5.41, 5.74) is 1.32. The number of thiazole rings is 1. The van der Waals surface area contributed by atoms with Gasteiger partial charge in [-0.3, -0.25) is 4.79 Å². The van der Waals surface area contributed by atoms with Crippen LogP contribution in [0.25, 0.3) is 0 Å². The van der Waals surface area contributed by atoms with Gasteiger partial charge >= 0.3 is 5.97 Å². The average Bonchev–Trinajstić information content (AvgIpc) is 3.00. The second kappa shape index (κ2) is 9.55. The maximum atomic E-state index is 11.3. The van der Waals surface area contributed by atoms with Crippen LogP contribution in [0.15, 0.2) is 36.5 Å². The molecule has 5 heteroatoms. The van der Waals surface area contributed by atoms with Crippen molar-refractivity contribution in [1.29, 1.82) is 0 Å². The minimum atomic E-state index is -0.718. The zero-order chi connectivity index (χ0) is 17.4. The molecule has 1 heterocycles. The summed E-state index contributed by atoms with van der Waals surface area (Å²) in [5, 5.41) is 13.6. The van der Waals surface area contributed by atoms with E-state index in [9.17, 15) is 9.90 Å². The fourth-order valence-electron chi connectivity index (χ4n) is 2.65. The first-order valence-electron chi connectivity index (χ1n) is 8.45. The Hall–Kier alpha value is -1.72. The van der Waals surface area contributed by atoms with Gasteiger partial charge in [0.25, 0.3) is 0 Å². The molecule has 1 unspecified atom stereocenters. The van der Waals surface area contributed by atoms with Crippen LogP contribution in [-0.2, 0) is 24.2 Å². The number of hydrogen-bond acceptors (Lipinski definition) is 4. The second-order valence-electron chi connectivity index (χ2n) is 6.50. The van der Waals surface area contributed by atoms with Crippen molar-refractivity contribution in [2.75, 3.05) is 6.54 Å². The van der Waals surface area contributed by atoms with Crippen molar-refractivity contribution in [2.45, 2.75) is 39.7 Å². The van der Waals surface area contributed by atoms with Crippen molar-refractivity contribution in [3.63, 3.8) is 0 Å². The maximum absolute atomic E-state index is 11.3. The number of rotatable bonds is 10. The first-order chi connectivity index (χ1) is 11.5. The molecule has 0 aliphatic rings. The highest BCUT2D eigenvalue weighted by molar-refractivity contribution is 7.11. The van der Waals surface area contributed by atoms with Crippen molar-refractivity contribution < 1.29 is 9.90 Å². The summed E-state index contributed by atoms with van der Waals surface area (Å²) < 4.78 is 0. The third kappa shape index (κ3) is 6.42. The number of benzene rings is 1. The monoisotopic (exact) mass is 346 g/mol. The maximum Gasteiger partial charge on any atom is 0.307 e. The van der Waals surface area contributed by atoms with Crippen molar-refractivity contribution >= 4 is 17.3 Å². The van der Waals surface area contributed by atoms with Crippen LogP contribution >= 0.6 is 11.3 Å². The van der Waals surface area contributed by atoms with E-state index in [1.165, 1.54) is 5.56 Å². The van der Waals surface area contributed by atoms with E-state index in [1.807, 2.05) is 12.3 Å². The largest absolute Gasteiger partial charge is 0.481 e. The molecule has 0 saturated heterocycles. The molecule has 1 aromatic heterocycles. The predicted molar refractivity (Wildman–Crippen MR) is 98.3 cm³/mol. The first kappa shape index (κ1) is 18.6. The van der Waals surface area contributed by atoms with Crippen LogP contribution in [0, 0.1) is 11.8 Å². The van der Waals surface area contributed by atoms with E-state index in [-0.39, 0.29) is 5.92 Å². The van der Waals surface area contributed by atoms with Gasteiger partial charge < -0.3 is 10.4 Å². The Morgan fingerprint density at radius 1 is 1.25 bits per heavy atom. The average molecular weight is 346 g/mol. The Morgan fingerprint density at radius 3 is 2.67 bits per heavy atom. The van der Waals surface area contributed by atoms with Gasteiger partial charge in [0.2, 0.25) is 0 Å². The highest BCUT2D eigenvalue weighted by Crippen LogP contribution is 2.16. The van der Waals surface area contributed by atoms with Crippen LogP contribution in [0.4, 0.5) is 0 Å². The van der Waals surface area contributed by atoms with Crippen molar-refractivity contribution in [3.8, 4) is 0 Å². The number of carboxylic acid groups (broad SMARTS) is 1. The number of hydrogen-bond donors (Lipinski definition) is 2. The number of carboxylic acids is 1. The lowest BCUT2D eigenvalue weighted by atomic mass is 9.97. The minimum Gasteiger partial charge on any atom is -0.481 e. The molecule has 4 nitrogen and oxygen atoms in total. The van der Waals surface area contributed by atoms with Crippen LogP contribution in [0.1, 0.15) is 35.7 Å². The first-order valence-corrected chi connectivity index (χ1v) is 9.27. The van der Waals surface area contributed by atoms with E-state index in [4.69, 9.17) is 0 Å². The molecular weight excluding hydrogens is 320 g/mol. The second-order valence-corrected chi connectivity index (χ2v) is 7.70. The van der Waals surface area contributed by atoms with Crippen LogP contribution in [0.5, 0.6) is 0 Å². The van der Waals surface area contributed by atoms with Gasteiger partial charge in [-0.15, -0.1) is 11.3 Å². The van der Waals surface area contributed by atoms with E-state index < -0.39 is 5.97 Å². The number of aliphatic carboxylic acids is 1. The summed E-state index contributed by atoms with van der Waals surface area (Å²) in [6.45, 7) is 5.30. The molecule has 2 rings (SSSR count). The summed E-state index contributed by atoms with van der Waals surface area (Å²) in [4.78, 5) is 16.9. The zero-order valence-corrected chi connectivity index (χ0v) is 15.2. The molecule has 130 valence electrons. The van der Waals surface area contributed by atoms with Gasteiger partial charge in [-0.2, -0.15) is 0 Å². The Bertz CT molecular complexity index is 625. The smallest absolute Gasteiger partial charge is 0.307 e. The van der Waals surface area contributed by atoms with Gasteiger partial charge in [-0.1, -0.05) is 44.2 Å². The van der Waals surface area contributed by atoms with E-state index >= 15 is 0 Å². The Kier molecular flexibility index (Phi) is 7.40. The Balaban J connectivity index is 1.76. The molecule has 0 radical (unpaired) electrons. The highest BCUT2D eigenvalue weighted by Gasteiger charge is 2.18. The van der Waals surface area contributed by atoms with Crippen molar-refractivity contribution in [3.05, 3.63) is 52.0 Å². The van der Waals surface area contributed by atoms with Gasteiger partial charge in [0.1, 0.15) is 0 Å². The molecule has 0 bridgehead atoms. The standard InChI is InChI=1S/C19H26N2O2S/c1-14(2)10-16(19(22)23)11-20-12-17-13-21-18(24-17)9-8-15-6-4-3-5-7-15/h3-7,13-14,16,20H,8-12H2,1-2H3,(H,22,23). The Labute approximate surface area is 148 Å². The third-order valence-electron chi connectivity index (χ3n) is 3.87. The van der Waals surface area contributed by atoms with Gasteiger partial charge in [0, 0.05) is 30.6 Å². The minimum absolute atomic E-state index is 0.324. The van der Waals surface area contributed by atoms with Crippen LogP contribution in [0.2, 0.25) is 0 Å². The zero-order valence-electron chi connectivity index (χ0n) is 14.4. The van der Waals surface area contributed by atoms with Crippen LogP contribution < -0.4 is 5.32 Å². The van der Waals surface area contributed by atoms with Gasteiger partial charge in [-0.25, -0.2) is 4.98 Å². The SMILES string of the molecule is CC(C)CC(CNCc1cnc(CCc2ccccc2)s1)C(=O)O. The van der Waals surface area contributed by atoms with E-state index in [0.717, 1.165) is 22.7 Å². The Morgan fingerprint density at radius 2 is 2.00 bits per heavy atom. The molecule has 1 atom stereocenters. The normalized spacial score (nSPS) is 12.5. The van der Waals surface area contributed by atoms with Crippen LogP contribution in [0.3, 0.4) is 0 Å². The molecule has 0 aliphatic heterocycles. The van der Waals surface area contributed by atoms with Crippen LogP contribution in [-0.4, -0.2) is 22.6 Å². The molecule has 0 fully saturated rings. The number of aryl methyl sites for hydroxylation is 2. The topological polar surface area (TPSA) is 62.2 Å².